The third-order valence-electron chi connectivity index (χ3n) is 1.57. The molecule has 1 rings (SSSR count). The summed E-state index contributed by atoms with van der Waals surface area (Å²) < 4.78 is 0.592. The van der Waals surface area contributed by atoms with E-state index in [4.69, 9.17) is 0 Å². The Kier molecular flexibility index (Phi) is 3.87. The standard InChI is InChI=1S/C8H7N2O3.Sn/c1-9-8(11)6-3-2-4-7(5-6)10(12)13;/h2-5H,1H2,(H,9,11);. The number of amides is 1. The maximum atomic E-state index is 11.3. The van der Waals surface area contributed by atoms with Crippen LogP contribution in [-0.2, 0) is 0 Å². The van der Waals surface area contributed by atoms with Crippen LogP contribution in [0.3, 0.4) is 0 Å². The van der Waals surface area contributed by atoms with Crippen molar-refractivity contribution in [3.63, 3.8) is 0 Å². The zero-order valence-electron chi connectivity index (χ0n) is 7.19. The molecule has 0 saturated carbocycles. The molecule has 0 fully saturated rings. The summed E-state index contributed by atoms with van der Waals surface area (Å²) in [7, 11) is 0. The molecule has 0 saturated heterocycles. The van der Waals surface area contributed by atoms with E-state index in [0.717, 1.165) is 0 Å². The van der Waals surface area contributed by atoms with Crippen LogP contribution in [0.25, 0.3) is 0 Å². The molecule has 6 heteroatoms. The third kappa shape index (κ3) is 2.69. The molecule has 14 heavy (non-hydrogen) atoms. The van der Waals surface area contributed by atoms with E-state index in [1.54, 1.807) is 6.07 Å². The predicted octanol–water partition coefficient (Wildman–Crippen LogP) is 0.451. The zero-order valence-corrected chi connectivity index (χ0v) is 10.0. The van der Waals surface area contributed by atoms with Crippen LogP contribution in [0, 0.1) is 10.1 Å². The number of benzene rings is 1. The molecular formula is C8H7N2O3Sn. The van der Waals surface area contributed by atoms with Crippen LogP contribution in [0.4, 0.5) is 5.69 Å². The molecule has 0 aliphatic carbocycles. The summed E-state index contributed by atoms with van der Waals surface area (Å²) in [6, 6.07) is 5.67. The van der Waals surface area contributed by atoms with Crippen molar-refractivity contribution in [2.24, 2.45) is 0 Å². The molecule has 0 heterocycles. The van der Waals surface area contributed by atoms with Crippen molar-refractivity contribution in [2.45, 2.75) is 0 Å². The second-order valence-electron chi connectivity index (χ2n) is 2.49. The molecule has 3 radical (unpaired) electrons. The molecule has 0 aliphatic heterocycles. The third-order valence-corrected chi connectivity index (χ3v) is 2.07. The van der Waals surface area contributed by atoms with Gasteiger partial charge in [-0.25, -0.2) is 0 Å². The van der Waals surface area contributed by atoms with Gasteiger partial charge in [-0.05, 0) is 0 Å². The Balaban J connectivity index is 2.93. The van der Waals surface area contributed by atoms with Crippen molar-refractivity contribution < 1.29 is 9.72 Å². The molecule has 0 aliphatic rings. The Morgan fingerprint density at radius 1 is 1.57 bits per heavy atom. The molecule has 1 aromatic rings. The van der Waals surface area contributed by atoms with Gasteiger partial charge in [-0.2, -0.15) is 0 Å². The van der Waals surface area contributed by atoms with E-state index in [1.165, 1.54) is 40.7 Å². The first kappa shape index (κ1) is 11.0. The number of nitrogens with zero attached hydrogens (tertiary/aromatic N) is 1. The fourth-order valence-electron chi connectivity index (χ4n) is 0.943. The second-order valence-corrected chi connectivity index (χ2v) is 3.50. The molecule has 1 aromatic carbocycles. The maximum absolute atomic E-state index is 11.3. The Bertz CT molecular complexity index is 367. The van der Waals surface area contributed by atoms with Gasteiger partial charge >= 0.3 is 93.7 Å². The Hall–Kier alpha value is -1.11. The average molecular weight is 298 g/mol. The first-order chi connectivity index (χ1) is 6.65. The van der Waals surface area contributed by atoms with E-state index in [0.29, 0.717) is 10.1 Å². The average Bonchev–Trinajstić information content (AvgIpc) is 2.18. The summed E-state index contributed by atoms with van der Waals surface area (Å²) in [5.74, 6) is -0.273. The van der Waals surface area contributed by atoms with Crippen LogP contribution in [0.5, 0.6) is 0 Å². The van der Waals surface area contributed by atoms with Gasteiger partial charge in [0.1, 0.15) is 0 Å². The van der Waals surface area contributed by atoms with Crippen LogP contribution in [0.15, 0.2) is 24.3 Å². The summed E-state index contributed by atoms with van der Waals surface area (Å²) in [5, 5.41) is 13.0. The van der Waals surface area contributed by atoms with E-state index >= 15 is 0 Å². The van der Waals surface area contributed by atoms with Crippen LogP contribution >= 0.6 is 0 Å². The fourth-order valence-corrected chi connectivity index (χ4v) is 1.40. The number of nitrogens with one attached hydrogen (secondary N) is 1. The quantitative estimate of drug-likeness (QED) is 0.500. The van der Waals surface area contributed by atoms with Crippen LogP contribution in [0.1, 0.15) is 10.4 Å². The minimum atomic E-state index is -0.519. The summed E-state index contributed by atoms with van der Waals surface area (Å²) in [5.41, 5.74) is 0.253. The van der Waals surface area contributed by atoms with Gasteiger partial charge in [0.25, 0.3) is 0 Å². The van der Waals surface area contributed by atoms with Gasteiger partial charge in [0, 0.05) is 0 Å². The monoisotopic (exact) mass is 299 g/mol. The van der Waals surface area contributed by atoms with Crippen molar-refractivity contribution in [1.29, 1.82) is 0 Å². The zero-order chi connectivity index (χ0) is 10.6. The van der Waals surface area contributed by atoms with Gasteiger partial charge in [0.15, 0.2) is 0 Å². The van der Waals surface area contributed by atoms with E-state index < -0.39 is 4.92 Å². The number of nitro benzene ring substituents is 1. The van der Waals surface area contributed by atoms with Gasteiger partial charge in [-0.3, -0.25) is 0 Å². The van der Waals surface area contributed by atoms with E-state index in [2.05, 4.69) is 5.32 Å². The molecule has 1 N–H and O–H groups in total. The van der Waals surface area contributed by atoms with E-state index in [1.807, 2.05) is 0 Å². The number of rotatable bonds is 3. The van der Waals surface area contributed by atoms with Crippen LogP contribution in [0.2, 0.25) is 0 Å². The van der Waals surface area contributed by atoms with Gasteiger partial charge < -0.3 is 0 Å². The molecule has 0 unspecified atom stereocenters. The predicted molar refractivity (Wildman–Crippen MR) is 51.2 cm³/mol. The Morgan fingerprint density at radius 2 is 2.29 bits per heavy atom. The van der Waals surface area contributed by atoms with Crippen LogP contribution < -0.4 is 5.32 Å². The topological polar surface area (TPSA) is 72.2 Å². The first-order valence-electron chi connectivity index (χ1n) is 3.82. The van der Waals surface area contributed by atoms with Crippen molar-refractivity contribution in [3.8, 4) is 0 Å². The van der Waals surface area contributed by atoms with Gasteiger partial charge in [0.2, 0.25) is 0 Å². The summed E-state index contributed by atoms with van der Waals surface area (Å²) in [6.45, 7) is 0. The normalized spacial score (nSPS) is 9.50. The van der Waals surface area contributed by atoms with E-state index in [9.17, 15) is 14.9 Å². The minimum absolute atomic E-state index is 0.0679. The Morgan fingerprint density at radius 3 is 2.86 bits per heavy atom. The number of hydrogen-bond acceptors (Lipinski definition) is 3. The number of carbonyl (C=O) groups excluding carboxylic acids is 1. The second kappa shape index (κ2) is 4.94. The molecule has 0 bridgehead atoms. The molecule has 0 spiro atoms. The molecule has 5 nitrogen and oxygen atoms in total. The SMILES string of the molecule is O=C(N[CH2][Sn])c1cccc([N+](=O)[O-])c1. The van der Waals surface area contributed by atoms with Crippen molar-refractivity contribution in [3.05, 3.63) is 39.9 Å². The summed E-state index contributed by atoms with van der Waals surface area (Å²) in [4.78, 5) is 21.2. The number of non-ortho nitro benzene ring substituents is 1. The van der Waals surface area contributed by atoms with Crippen LogP contribution in [-0.4, -0.2) is 37.9 Å². The number of hydrogen-bond donors (Lipinski definition) is 1. The van der Waals surface area contributed by atoms with Gasteiger partial charge in [-0.15, -0.1) is 0 Å². The van der Waals surface area contributed by atoms with E-state index in [-0.39, 0.29) is 11.6 Å². The van der Waals surface area contributed by atoms with Crippen molar-refractivity contribution in [1.82, 2.24) is 5.32 Å². The fraction of sp³-hybridized carbons (Fsp3) is 0.125. The number of nitro groups is 1. The van der Waals surface area contributed by atoms with Crippen molar-refractivity contribution >= 4 is 34.1 Å². The van der Waals surface area contributed by atoms with Gasteiger partial charge in [0.05, 0.1) is 0 Å². The number of carbonyl (C=O) groups is 1. The summed E-state index contributed by atoms with van der Waals surface area (Å²) >= 11 is 1.19. The molecule has 0 aromatic heterocycles. The van der Waals surface area contributed by atoms with Crippen molar-refractivity contribution in [2.75, 3.05) is 4.56 Å². The van der Waals surface area contributed by atoms with Gasteiger partial charge in [-0.1, -0.05) is 0 Å². The summed E-state index contributed by atoms with van der Waals surface area (Å²) in [6.07, 6.45) is 0. The molecule has 1 amide bonds. The molecular weight excluding hydrogens is 291 g/mol. The molecule has 71 valence electrons. The first-order valence-corrected chi connectivity index (χ1v) is 5.84. The molecule has 0 atom stereocenters. The Labute approximate surface area is 93.7 Å².